The van der Waals surface area contributed by atoms with Crippen molar-refractivity contribution < 1.29 is 0 Å². The van der Waals surface area contributed by atoms with E-state index in [9.17, 15) is 0 Å². The Morgan fingerprint density at radius 1 is 0.905 bits per heavy atom. The summed E-state index contributed by atoms with van der Waals surface area (Å²) in [5, 5.41) is 5.25. The summed E-state index contributed by atoms with van der Waals surface area (Å²) in [6.07, 6.45) is 2.04. The molecule has 1 N–H and O–H groups in total. The lowest BCUT2D eigenvalue weighted by Gasteiger charge is -2.23. The number of rotatable bonds is 6. The Kier molecular flexibility index (Phi) is 6.10. The average molecular weight is 322 g/mol. The second kappa shape index (κ2) is 7.84. The minimum atomic E-state index is 0.351. The van der Waals surface area contributed by atoms with Crippen LogP contribution in [-0.2, 0) is 6.42 Å². The molecule has 0 amide bonds. The zero-order valence-corrected chi connectivity index (χ0v) is 14.0. The fourth-order valence-electron chi connectivity index (χ4n) is 2.52. The summed E-state index contributed by atoms with van der Waals surface area (Å²) in [6, 6.07) is 16.9. The number of hydrogen-bond acceptors (Lipinski definition) is 1. The van der Waals surface area contributed by atoms with Gasteiger partial charge in [0.2, 0.25) is 0 Å². The molecule has 0 radical (unpaired) electrons. The first-order chi connectivity index (χ1) is 10.1. The third-order valence-electron chi connectivity index (χ3n) is 3.62. The predicted molar refractivity (Wildman–Crippen MR) is 92.2 cm³/mol. The number of hydrogen-bond donors (Lipinski definition) is 1. The lowest BCUT2D eigenvalue weighted by molar-refractivity contribution is 0.443. The molecule has 1 nitrogen and oxygen atoms in total. The Hall–Kier alpha value is -1.02. The largest absolute Gasteiger partial charge is 0.307 e. The van der Waals surface area contributed by atoms with Gasteiger partial charge in [0.25, 0.3) is 0 Å². The highest BCUT2D eigenvalue weighted by molar-refractivity contribution is 6.30. The molecule has 0 fully saturated rings. The first-order valence-corrected chi connectivity index (χ1v) is 8.10. The maximum atomic E-state index is 5.95. The molecule has 0 aliphatic heterocycles. The second-order valence-electron chi connectivity index (χ2n) is 5.41. The van der Waals surface area contributed by atoms with Crippen LogP contribution in [0.5, 0.6) is 0 Å². The van der Waals surface area contributed by atoms with Gasteiger partial charge in [0.05, 0.1) is 0 Å². The minimum Gasteiger partial charge on any atom is -0.307 e. The van der Waals surface area contributed by atoms with Crippen molar-refractivity contribution in [1.29, 1.82) is 0 Å². The second-order valence-corrected chi connectivity index (χ2v) is 6.28. The molecule has 0 aliphatic rings. The van der Waals surface area contributed by atoms with E-state index in [0.717, 1.165) is 22.9 Å². The fourth-order valence-corrected chi connectivity index (χ4v) is 2.77. The van der Waals surface area contributed by atoms with Crippen molar-refractivity contribution in [1.82, 2.24) is 5.32 Å². The lowest BCUT2D eigenvalue weighted by atomic mass is 10.0. The Morgan fingerprint density at radius 2 is 1.43 bits per heavy atom. The van der Waals surface area contributed by atoms with E-state index in [-0.39, 0.29) is 0 Å². The summed E-state index contributed by atoms with van der Waals surface area (Å²) >= 11 is 11.9. The van der Waals surface area contributed by atoms with Gasteiger partial charge in [-0.15, -0.1) is 0 Å². The zero-order chi connectivity index (χ0) is 15.2. The van der Waals surface area contributed by atoms with Gasteiger partial charge in [0.15, 0.2) is 0 Å². The van der Waals surface area contributed by atoms with Crippen molar-refractivity contribution in [3.05, 3.63) is 69.7 Å². The zero-order valence-electron chi connectivity index (χ0n) is 12.4. The Morgan fingerprint density at radius 3 is 1.95 bits per heavy atom. The molecule has 0 saturated heterocycles. The summed E-state index contributed by atoms with van der Waals surface area (Å²) in [5.41, 5.74) is 2.58. The van der Waals surface area contributed by atoms with Crippen molar-refractivity contribution in [2.75, 3.05) is 0 Å². The molecule has 0 aliphatic carbocycles. The highest BCUT2D eigenvalue weighted by atomic mass is 35.5. The lowest BCUT2D eigenvalue weighted by Crippen LogP contribution is -2.31. The molecule has 2 rings (SSSR count). The number of nitrogens with one attached hydrogen (secondary N) is 1. The fraction of sp³-hybridized carbons (Fsp3) is 0.333. The molecule has 3 heteroatoms. The topological polar surface area (TPSA) is 12.0 Å². The Balaban J connectivity index is 1.97. The SMILES string of the molecule is CCC(NC(C)Cc1ccc(Cl)cc1)c1ccc(Cl)cc1. The summed E-state index contributed by atoms with van der Waals surface area (Å²) in [7, 11) is 0. The van der Waals surface area contributed by atoms with E-state index >= 15 is 0 Å². The van der Waals surface area contributed by atoms with Crippen LogP contribution >= 0.6 is 23.2 Å². The third kappa shape index (κ3) is 5.03. The van der Waals surface area contributed by atoms with Crippen LogP contribution in [-0.4, -0.2) is 6.04 Å². The van der Waals surface area contributed by atoms with Gasteiger partial charge < -0.3 is 5.32 Å². The average Bonchev–Trinajstić information content (AvgIpc) is 2.48. The highest BCUT2D eigenvalue weighted by Crippen LogP contribution is 2.20. The number of benzene rings is 2. The molecule has 0 saturated carbocycles. The van der Waals surface area contributed by atoms with Crippen molar-refractivity contribution in [3.8, 4) is 0 Å². The number of halogens is 2. The summed E-state index contributed by atoms with van der Waals surface area (Å²) in [6.45, 7) is 4.41. The minimum absolute atomic E-state index is 0.351. The van der Waals surface area contributed by atoms with E-state index in [1.165, 1.54) is 11.1 Å². The molecule has 2 atom stereocenters. The molecule has 21 heavy (non-hydrogen) atoms. The monoisotopic (exact) mass is 321 g/mol. The Bertz CT molecular complexity index is 548. The van der Waals surface area contributed by atoms with Gasteiger partial charge in [-0.25, -0.2) is 0 Å². The van der Waals surface area contributed by atoms with Gasteiger partial charge >= 0.3 is 0 Å². The van der Waals surface area contributed by atoms with Crippen LogP contribution in [0.2, 0.25) is 10.0 Å². The standard InChI is InChI=1S/C18H21Cl2N/c1-3-18(15-6-10-17(20)11-7-15)21-13(2)12-14-4-8-16(19)9-5-14/h4-11,13,18,21H,3,12H2,1-2H3. The first kappa shape index (κ1) is 16.4. The van der Waals surface area contributed by atoms with Crippen molar-refractivity contribution in [2.24, 2.45) is 0 Å². The molecular weight excluding hydrogens is 301 g/mol. The van der Waals surface area contributed by atoms with Gasteiger partial charge in [-0.1, -0.05) is 54.4 Å². The summed E-state index contributed by atoms with van der Waals surface area (Å²) in [4.78, 5) is 0. The summed E-state index contributed by atoms with van der Waals surface area (Å²) in [5.74, 6) is 0. The van der Waals surface area contributed by atoms with E-state index in [2.05, 4.69) is 43.4 Å². The Labute approximate surface area is 137 Å². The van der Waals surface area contributed by atoms with Crippen LogP contribution in [0.15, 0.2) is 48.5 Å². The van der Waals surface area contributed by atoms with Gasteiger partial charge in [-0.05, 0) is 55.2 Å². The van der Waals surface area contributed by atoms with E-state index in [0.29, 0.717) is 12.1 Å². The van der Waals surface area contributed by atoms with Crippen molar-refractivity contribution in [2.45, 2.75) is 38.8 Å². The van der Waals surface area contributed by atoms with Crippen LogP contribution in [0.1, 0.15) is 37.4 Å². The molecule has 0 aromatic heterocycles. The quantitative estimate of drug-likeness (QED) is 0.723. The maximum absolute atomic E-state index is 5.95. The van der Waals surface area contributed by atoms with Gasteiger partial charge in [-0.3, -0.25) is 0 Å². The first-order valence-electron chi connectivity index (χ1n) is 7.34. The summed E-state index contributed by atoms with van der Waals surface area (Å²) < 4.78 is 0. The van der Waals surface area contributed by atoms with E-state index in [1.54, 1.807) is 0 Å². The molecular formula is C18H21Cl2N. The van der Waals surface area contributed by atoms with Crippen LogP contribution in [0.25, 0.3) is 0 Å². The van der Waals surface area contributed by atoms with Crippen molar-refractivity contribution >= 4 is 23.2 Å². The third-order valence-corrected chi connectivity index (χ3v) is 4.13. The van der Waals surface area contributed by atoms with Crippen LogP contribution in [0.3, 0.4) is 0 Å². The van der Waals surface area contributed by atoms with Gasteiger partial charge in [0.1, 0.15) is 0 Å². The van der Waals surface area contributed by atoms with Crippen LogP contribution in [0, 0.1) is 0 Å². The van der Waals surface area contributed by atoms with Crippen LogP contribution in [0.4, 0.5) is 0 Å². The molecule has 2 unspecified atom stereocenters. The van der Waals surface area contributed by atoms with Crippen molar-refractivity contribution in [3.63, 3.8) is 0 Å². The van der Waals surface area contributed by atoms with E-state index in [1.807, 2.05) is 24.3 Å². The molecule has 2 aromatic carbocycles. The van der Waals surface area contributed by atoms with Gasteiger partial charge in [0, 0.05) is 22.1 Å². The molecule has 112 valence electrons. The maximum Gasteiger partial charge on any atom is 0.0406 e. The van der Waals surface area contributed by atoms with Gasteiger partial charge in [-0.2, -0.15) is 0 Å². The molecule has 0 bridgehead atoms. The predicted octanol–water partition coefficient (Wildman–Crippen LogP) is 5.67. The molecule has 0 heterocycles. The smallest absolute Gasteiger partial charge is 0.0406 e. The highest BCUT2D eigenvalue weighted by Gasteiger charge is 2.12. The molecule has 0 spiro atoms. The van der Waals surface area contributed by atoms with E-state index in [4.69, 9.17) is 23.2 Å². The molecule has 2 aromatic rings. The van der Waals surface area contributed by atoms with Crippen LogP contribution < -0.4 is 5.32 Å². The van der Waals surface area contributed by atoms with E-state index < -0.39 is 0 Å². The normalized spacial score (nSPS) is 13.9.